The van der Waals surface area contributed by atoms with Crippen LogP contribution in [0.2, 0.25) is 0 Å². The summed E-state index contributed by atoms with van der Waals surface area (Å²) >= 11 is 1.74. The van der Waals surface area contributed by atoms with E-state index in [1.54, 1.807) is 11.3 Å². The summed E-state index contributed by atoms with van der Waals surface area (Å²) in [6, 6.07) is 10.4. The highest BCUT2D eigenvalue weighted by molar-refractivity contribution is 7.09. The molecule has 0 radical (unpaired) electrons. The van der Waals surface area contributed by atoms with Gasteiger partial charge in [-0.15, -0.1) is 11.3 Å². The van der Waals surface area contributed by atoms with Crippen molar-refractivity contribution in [3.63, 3.8) is 0 Å². The molecule has 1 aliphatic rings. The zero-order valence-electron chi connectivity index (χ0n) is 21.0. The number of nitrogens with one attached hydrogen (secondary N) is 2. The van der Waals surface area contributed by atoms with Gasteiger partial charge in [0.05, 0.1) is 17.6 Å². The summed E-state index contributed by atoms with van der Waals surface area (Å²) in [5, 5.41) is 7.93. The minimum absolute atomic E-state index is 0.0172. The predicted octanol–water partition coefficient (Wildman–Crippen LogP) is 4.38. The monoisotopic (exact) mass is 495 g/mol. The third-order valence-electron chi connectivity index (χ3n) is 7.05. The van der Waals surface area contributed by atoms with Crippen LogP contribution in [0.1, 0.15) is 73.6 Å². The number of likely N-dealkylation sites (tertiary alicyclic amines) is 1. The first-order chi connectivity index (χ1) is 17.0. The van der Waals surface area contributed by atoms with Gasteiger partial charge < -0.3 is 20.1 Å². The normalized spacial score (nSPS) is 15.1. The summed E-state index contributed by atoms with van der Waals surface area (Å²) in [5.41, 5.74) is 2.40. The molecule has 4 rings (SSSR count). The molecule has 8 heteroatoms. The molecule has 0 saturated carbocycles. The molecule has 0 atom stereocenters. The maximum atomic E-state index is 12.8. The Morgan fingerprint density at radius 3 is 2.57 bits per heavy atom. The number of hydrogen-bond donors (Lipinski definition) is 2. The molecule has 1 aliphatic heterocycles. The average Bonchev–Trinajstić information content (AvgIpc) is 3.51. The molecule has 2 aromatic heterocycles. The van der Waals surface area contributed by atoms with E-state index in [9.17, 15) is 9.59 Å². The summed E-state index contributed by atoms with van der Waals surface area (Å²) in [5.74, 6) is 0.646. The second-order valence-electron chi connectivity index (χ2n) is 9.29. The van der Waals surface area contributed by atoms with Gasteiger partial charge in [0.15, 0.2) is 0 Å². The van der Waals surface area contributed by atoms with E-state index in [0.717, 1.165) is 68.6 Å². The Morgan fingerprint density at radius 2 is 1.91 bits per heavy atom. The number of thiophene rings is 1. The van der Waals surface area contributed by atoms with Gasteiger partial charge in [0.1, 0.15) is 5.82 Å². The smallest absolute Gasteiger partial charge is 0.251 e. The molecule has 3 heterocycles. The van der Waals surface area contributed by atoms with Crippen LogP contribution < -0.4 is 10.6 Å². The number of imidazole rings is 1. The second kappa shape index (κ2) is 11.8. The van der Waals surface area contributed by atoms with Crippen molar-refractivity contribution in [1.82, 2.24) is 25.1 Å². The van der Waals surface area contributed by atoms with Crippen molar-refractivity contribution in [1.29, 1.82) is 0 Å². The SMILES string of the molecule is CCC(CC)n1c(Cc2cccs2)nc2cc(C(=O)NCC(=O)NC3CCN(CC)CC3)ccc21. The van der Waals surface area contributed by atoms with Crippen molar-refractivity contribution < 1.29 is 9.59 Å². The molecular formula is C27H37N5O2S. The number of fused-ring (bicyclic) bond motifs is 1. The third-order valence-corrected chi connectivity index (χ3v) is 7.93. The molecule has 0 spiro atoms. The standard InChI is InChI=1S/C27H37N5O2S/c1-4-21(5-2)32-24-10-9-19(16-23(24)30-25(32)17-22-8-7-15-35-22)27(34)28-18-26(33)29-20-11-13-31(6-3)14-12-20/h7-10,15-16,20-21H,4-6,11-14,17-18H2,1-3H3,(H,28,34)(H,29,33). The molecule has 2 N–H and O–H groups in total. The maximum Gasteiger partial charge on any atom is 0.251 e. The number of rotatable bonds is 10. The van der Waals surface area contributed by atoms with Crippen LogP contribution in [0.15, 0.2) is 35.7 Å². The first-order valence-corrected chi connectivity index (χ1v) is 13.7. The van der Waals surface area contributed by atoms with E-state index in [1.807, 2.05) is 18.2 Å². The van der Waals surface area contributed by atoms with E-state index in [0.29, 0.717) is 11.6 Å². The van der Waals surface area contributed by atoms with Crippen molar-refractivity contribution >= 4 is 34.2 Å². The van der Waals surface area contributed by atoms with Crippen LogP contribution >= 0.6 is 11.3 Å². The summed E-state index contributed by atoms with van der Waals surface area (Å²) in [7, 11) is 0. The fraction of sp³-hybridized carbons (Fsp3) is 0.519. The van der Waals surface area contributed by atoms with Crippen molar-refractivity contribution in [2.24, 2.45) is 0 Å². The molecule has 188 valence electrons. The zero-order valence-corrected chi connectivity index (χ0v) is 21.9. The van der Waals surface area contributed by atoms with Crippen LogP contribution in [-0.4, -0.2) is 58.5 Å². The first-order valence-electron chi connectivity index (χ1n) is 12.8. The third kappa shape index (κ3) is 6.11. The molecule has 0 bridgehead atoms. The van der Waals surface area contributed by atoms with Gasteiger partial charge in [-0.3, -0.25) is 9.59 Å². The van der Waals surface area contributed by atoms with Gasteiger partial charge in [-0.2, -0.15) is 0 Å². The summed E-state index contributed by atoms with van der Waals surface area (Å²) in [6.07, 6.45) is 4.73. The lowest BCUT2D eigenvalue weighted by molar-refractivity contribution is -0.121. The topological polar surface area (TPSA) is 79.3 Å². The van der Waals surface area contributed by atoms with Crippen molar-refractivity contribution in [3.05, 3.63) is 52.0 Å². The van der Waals surface area contributed by atoms with Gasteiger partial charge in [0.25, 0.3) is 5.91 Å². The molecule has 0 aliphatic carbocycles. The van der Waals surface area contributed by atoms with Gasteiger partial charge >= 0.3 is 0 Å². The highest BCUT2D eigenvalue weighted by atomic mass is 32.1. The molecule has 7 nitrogen and oxygen atoms in total. The average molecular weight is 496 g/mol. The molecule has 1 fully saturated rings. The number of benzene rings is 1. The van der Waals surface area contributed by atoms with E-state index in [1.165, 1.54) is 4.88 Å². The Balaban J connectivity index is 1.43. The Kier molecular flexibility index (Phi) is 8.57. The zero-order chi connectivity index (χ0) is 24.8. The van der Waals surface area contributed by atoms with E-state index < -0.39 is 0 Å². The molecule has 3 aromatic rings. The number of carbonyl (C=O) groups is 2. The van der Waals surface area contributed by atoms with E-state index in [-0.39, 0.29) is 24.4 Å². The number of carbonyl (C=O) groups excluding carboxylic acids is 2. The van der Waals surface area contributed by atoms with Crippen LogP contribution in [0.4, 0.5) is 0 Å². The van der Waals surface area contributed by atoms with Crippen LogP contribution in [0.5, 0.6) is 0 Å². The summed E-state index contributed by atoms with van der Waals surface area (Å²) < 4.78 is 2.34. The van der Waals surface area contributed by atoms with Gasteiger partial charge in [-0.1, -0.05) is 26.8 Å². The van der Waals surface area contributed by atoms with Gasteiger partial charge in [-0.25, -0.2) is 4.98 Å². The Bertz CT molecular complexity index is 1130. The predicted molar refractivity (Wildman–Crippen MR) is 142 cm³/mol. The number of hydrogen-bond acceptors (Lipinski definition) is 5. The molecule has 35 heavy (non-hydrogen) atoms. The fourth-order valence-electron chi connectivity index (χ4n) is 4.98. The first kappa shape index (κ1) is 25.4. The van der Waals surface area contributed by atoms with Crippen LogP contribution in [0.25, 0.3) is 11.0 Å². The highest BCUT2D eigenvalue weighted by Gasteiger charge is 2.21. The van der Waals surface area contributed by atoms with Gasteiger partial charge in [-0.05, 0) is 61.9 Å². The summed E-state index contributed by atoms with van der Waals surface area (Å²) in [6.45, 7) is 9.61. The lowest BCUT2D eigenvalue weighted by Gasteiger charge is -2.31. The minimum atomic E-state index is -0.250. The van der Waals surface area contributed by atoms with Gasteiger partial charge in [0, 0.05) is 42.0 Å². The minimum Gasteiger partial charge on any atom is -0.352 e. The highest BCUT2D eigenvalue weighted by Crippen LogP contribution is 2.28. The number of amides is 2. The van der Waals surface area contributed by atoms with Crippen molar-refractivity contribution in [2.45, 2.75) is 65.0 Å². The van der Waals surface area contributed by atoms with Gasteiger partial charge in [0.2, 0.25) is 5.91 Å². The fourth-order valence-corrected chi connectivity index (χ4v) is 5.68. The molecule has 2 amide bonds. The quantitative estimate of drug-likeness (QED) is 0.438. The van der Waals surface area contributed by atoms with Crippen molar-refractivity contribution in [2.75, 3.05) is 26.2 Å². The number of nitrogens with zero attached hydrogens (tertiary/aromatic N) is 3. The number of aromatic nitrogens is 2. The molecule has 1 aromatic carbocycles. The van der Waals surface area contributed by atoms with E-state index >= 15 is 0 Å². The lowest BCUT2D eigenvalue weighted by atomic mass is 10.1. The molecular weight excluding hydrogens is 458 g/mol. The Morgan fingerprint density at radius 1 is 1.14 bits per heavy atom. The van der Waals surface area contributed by atoms with Crippen molar-refractivity contribution in [3.8, 4) is 0 Å². The Hall–Kier alpha value is -2.71. The summed E-state index contributed by atoms with van der Waals surface area (Å²) in [4.78, 5) is 33.8. The molecule has 0 unspecified atom stereocenters. The van der Waals surface area contributed by atoms with Crippen LogP contribution in [0, 0.1) is 0 Å². The lowest BCUT2D eigenvalue weighted by Crippen LogP contribution is -2.47. The Labute approximate surface area is 211 Å². The van der Waals surface area contributed by atoms with Crippen LogP contribution in [-0.2, 0) is 11.2 Å². The number of piperidine rings is 1. The largest absolute Gasteiger partial charge is 0.352 e. The van der Waals surface area contributed by atoms with E-state index in [2.05, 4.69) is 58.4 Å². The van der Waals surface area contributed by atoms with E-state index in [4.69, 9.17) is 4.98 Å². The molecule has 1 saturated heterocycles. The second-order valence-corrected chi connectivity index (χ2v) is 10.3. The maximum absolute atomic E-state index is 12.8. The van der Waals surface area contributed by atoms with Crippen LogP contribution in [0.3, 0.4) is 0 Å².